The number of amides is 4. The summed E-state index contributed by atoms with van der Waals surface area (Å²) in [6.45, 7) is 1.30. The van der Waals surface area contributed by atoms with Crippen LogP contribution in [0.25, 0.3) is 0 Å². The largest absolute Gasteiger partial charge is 0.338 e. The second kappa shape index (κ2) is 9.94. The zero-order valence-electron chi connectivity index (χ0n) is 17.4. The predicted octanol–water partition coefficient (Wildman–Crippen LogP) is 5.42. The molecule has 3 aromatic carbocycles. The third-order valence-corrected chi connectivity index (χ3v) is 5.69. The molecule has 4 rings (SSSR count). The molecule has 4 amide bonds. The first-order valence-electron chi connectivity index (χ1n) is 10.2. The minimum Gasteiger partial charge on any atom is -0.338 e. The van der Waals surface area contributed by atoms with Gasteiger partial charge in [0.2, 0.25) is 0 Å². The normalized spacial score (nSPS) is 13.3. The van der Waals surface area contributed by atoms with Crippen LogP contribution in [-0.2, 0) is 0 Å². The van der Waals surface area contributed by atoms with Crippen LogP contribution in [0.1, 0.15) is 27.1 Å². The highest BCUT2D eigenvalue weighted by Crippen LogP contribution is 2.28. The molecule has 0 saturated carbocycles. The molecular formula is C24H20Cl2N4O3. The van der Waals surface area contributed by atoms with Gasteiger partial charge in [-0.05, 0) is 67.1 Å². The van der Waals surface area contributed by atoms with E-state index in [4.69, 9.17) is 23.2 Å². The van der Waals surface area contributed by atoms with E-state index in [1.165, 1.54) is 0 Å². The van der Waals surface area contributed by atoms with E-state index in [1.54, 1.807) is 71.6 Å². The van der Waals surface area contributed by atoms with Crippen molar-refractivity contribution in [3.05, 3.63) is 87.9 Å². The number of para-hydroxylation sites is 1. The van der Waals surface area contributed by atoms with Crippen molar-refractivity contribution in [2.24, 2.45) is 0 Å². The molecule has 33 heavy (non-hydrogen) atoms. The van der Waals surface area contributed by atoms with Crippen molar-refractivity contribution < 1.29 is 14.4 Å². The summed E-state index contributed by atoms with van der Waals surface area (Å²) in [4.78, 5) is 39.3. The Labute approximate surface area is 200 Å². The Balaban J connectivity index is 1.50. The Kier molecular flexibility index (Phi) is 6.82. The molecule has 168 valence electrons. The van der Waals surface area contributed by atoms with Gasteiger partial charge in [-0.25, -0.2) is 4.79 Å². The molecule has 0 radical (unpaired) electrons. The summed E-state index contributed by atoms with van der Waals surface area (Å²) in [5.74, 6) is -0.856. The quantitative estimate of drug-likeness (QED) is 0.453. The Hall–Kier alpha value is -3.55. The molecule has 9 heteroatoms. The molecule has 3 N–H and O–H groups in total. The number of nitrogens with zero attached hydrogens (tertiary/aromatic N) is 1. The molecule has 7 nitrogen and oxygen atoms in total. The number of halogens is 2. The molecular weight excluding hydrogens is 463 g/mol. The minimum atomic E-state index is -0.438. The lowest BCUT2D eigenvalue weighted by Crippen LogP contribution is -2.46. The average Bonchev–Trinajstić information content (AvgIpc) is 2.81. The molecule has 0 aliphatic carbocycles. The van der Waals surface area contributed by atoms with Crippen LogP contribution < -0.4 is 20.9 Å². The molecule has 0 unspecified atom stereocenters. The summed E-state index contributed by atoms with van der Waals surface area (Å²) in [6, 6.07) is 18.0. The fourth-order valence-electron chi connectivity index (χ4n) is 3.43. The van der Waals surface area contributed by atoms with Gasteiger partial charge in [-0.1, -0.05) is 29.3 Å². The Bertz CT molecular complexity index is 1200. The lowest BCUT2D eigenvalue weighted by molar-refractivity contribution is 0.102. The third-order valence-electron chi connectivity index (χ3n) is 5.12. The average molecular weight is 483 g/mol. The van der Waals surface area contributed by atoms with Gasteiger partial charge in [0.1, 0.15) is 0 Å². The zero-order valence-corrected chi connectivity index (χ0v) is 18.9. The van der Waals surface area contributed by atoms with E-state index in [2.05, 4.69) is 16.0 Å². The molecule has 1 fully saturated rings. The van der Waals surface area contributed by atoms with E-state index in [-0.39, 0.29) is 22.3 Å². The second-order valence-corrected chi connectivity index (χ2v) is 8.21. The summed E-state index contributed by atoms with van der Waals surface area (Å²) < 4.78 is 0. The van der Waals surface area contributed by atoms with Gasteiger partial charge in [0.15, 0.2) is 0 Å². The van der Waals surface area contributed by atoms with E-state index < -0.39 is 11.8 Å². The van der Waals surface area contributed by atoms with E-state index in [0.717, 1.165) is 12.1 Å². The van der Waals surface area contributed by atoms with Crippen molar-refractivity contribution in [2.45, 2.75) is 6.42 Å². The summed E-state index contributed by atoms with van der Waals surface area (Å²) in [6.07, 6.45) is 0.865. The van der Waals surface area contributed by atoms with Gasteiger partial charge in [0.05, 0.1) is 16.3 Å². The molecule has 3 aromatic rings. The van der Waals surface area contributed by atoms with Gasteiger partial charge in [-0.2, -0.15) is 0 Å². The van der Waals surface area contributed by atoms with Crippen LogP contribution in [0.3, 0.4) is 0 Å². The number of rotatable bonds is 5. The Morgan fingerprint density at radius 3 is 2.30 bits per heavy atom. The molecule has 1 aliphatic rings. The van der Waals surface area contributed by atoms with E-state index in [0.29, 0.717) is 29.4 Å². The molecule has 1 saturated heterocycles. The first-order valence-corrected chi connectivity index (χ1v) is 11.0. The predicted molar refractivity (Wildman–Crippen MR) is 131 cm³/mol. The molecule has 1 heterocycles. The van der Waals surface area contributed by atoms with Gasteiger partial charge >= 0.3 is 6.03 Å². The van der Waals surface area contributed by atoms with Gasteiger partial charge < -0.3 is 16.0 Å². The number of hydrogen-bond donors (Lipinski definition) is 3. The number of carbonyl (C=O) groups excluding carboxylic acids is 3. The van der Waals surface area contributed by atoms with Crippen LogP contribution in [0.4, 0.5) is 21.9 Å². The summed E-state index contributed by atoms with van der Waals surface area (Å²) >= 11 is 12.2. The van der Waals surface area contributed by atoms with Crippen LogP contribution in [0.2, 0.25) is 10.0 Å². The van der Waals surface area contributed by atoms with Crippen LogP contribution in [0.15, 0.2) is 66.7 Å². The van der Waals surface area contributed by atoms with Gasteiger partial charge in [0, 0.05) is 35.1 Å². The summed E-state index contributed by atoms with van der Waals surface area (Å²) in [5, 5.41) is 9.06. The smallest absolute Gasteiger partial charge is 0.321 e. The molecule has 1 aliphatic heterocycles. The Morgan fingerprint density at radius 1 is 0.879 bits per heavy atom. The first-order chi connectivity index (χ1) is 15.9. The van der Waals surface area contributed by atoms with Crippen molar-refractivity contribution in [1.82, 2.24) is 5.32 Å². The molecule has 0 bridgehead atoms. The van der Waals surface area contributed by atoms with Gasteiger partial charge in [-0.3, -0.25) is 14.5 Å². The maximum absolute atomic E-state index is 13.0. The summed E-state index contributed by atoms with van der Waals surface area (Å²) in [7, 11) is 0. The van der Waals surface area contributed by atoms with Crippen molar-refractivity contribution in [3.8, 4) is 0 Å². The van der Waals surface area contributed by atoms with Crippen molar-refractivity contribution in [3.63, 3.8) is 0 Å². The molecule has 0 spiro atoms. The number of carbonyl (C=O) groups is 3. The van der Waals surface area contributed by atoms with Crippen molar-refractivity contribution in [1.29, 1.82) is 0 Å². The summed E-state index contributed by atoms with van der Waals surface area (Å²) in [5.41, 5.74) is 2.07. The van der Waals surface area contributed by atoms with Crippen molar-refractivity contribution in [2.75, 3.05) is 28.6 Å². The lowest BCUT2D eigenvalue weighted by Gasteiger charge is -2.27. The number of urea groups is 1. The fourth-order valence-corrected chi connectivity index (χ4v) is 3.77. The van der Waals surface area contributed by atoms with E-state index >= 15 is 0 Å². The maximum atomic E-state index is 13.0. The van der Waals surface area contributed by atoms with Crippen LogP contribution in [0, 0.1) is 0 Å². The van der Waals surface area contributed by atoms with Gasteiger partial charge in [-0.15, -0.1) is 0 Å². The zero-order chi connectivity index (χ0) is 23.4. The number of hydrogen-bond acceptors (Lipinski definition) is 3. The van der Waals surface area contributed by atoms with E-state index in [9.17, 15) is 14.4 Å². The van der Waals surface area contributed by atoms with Crippen LogP contribution in [0.5, 0.6) is 0 Å². The SMILES string of the molecule is O=C(Nc1c(Cl)cccc1C(=O)Nc1ccc(N2CCCNC2=O)cc1)c1ccc(Cl)cc1. The number of nitrogens with one attached hydrogen (secondary N) is 3. The van der Waals surface area contributed by atoms with Gasteiger partial charge in [0.25, 0.3) is 11.8 Å². The number of benzene rings is 3. The second-order valence-electron chi connectivity index (χ2n) is 7.36. The van der Waals surface area contributed by atoms with Crippen LogP contribution in [-0.4, -0.2) is 30.9 Å². The molecule has 0 aromatic heterocycles. The minimum absolute atomic E-state index is 0.141. The highest BCUT2D eigenvalue weighted by molar-refractivity contribution is 6.35. The number of anilines is 3. The van der Waals surface area contributed by atoms with E-state index in [1.807, 2.05) is 0 Å². The lowest BCUT2D eigenvalue weighted by atomic mass is 10.1. The maximum Gasteiger partial charge on any atom is 0.321 e. The molecule has 0 atom stereocenters. The highest BCUT2D eigenvalue weighted by Gasteiger charge is 2.20. The first kappa shape index (κ1) is 22.6. The van der Waals surface area contributed by atoms with Crippen LogP contribution >= 0.6 is 23.2 Å². The third kappa shape index (κ3) is 5.27. The topological polar surface area (TPSA) is 90.5 Å². The standard InChI is InChI=1S/C24H20Cl2N4O3/c25-16-7-5-15(6-8-16)22(31)29-21-19(3-1-4-20(21)26)23(32)28-17-9-11-18(12-10-17)30-14-2-13-27-24(30)33/h1,3-12H,2,13-14H2,(H,27,33)(H,28,32)(H,29,31). The van der Waals surface area contributed by atoms with Crippen molar-refractivity contribution >= 4 is 58.1 Å². The highest BCUT2D eigenvalue weighted by atomic mass is 35.5. The Morgan fingerprint density at radius 2 is 1.61 bits per heavy atom. The fraction of sp³-hybridized carbons (Fsp3) is 0.125. The monoisotopic (exact) mass is 482 g/mol.